The number of allylic oxidation sites excluding steroid dienone is 2. The lowest BCUT2D eigenvalue weighted by Gasteiger charge is -2.54. The lowest BCUT2D eigenvalue weighted by Crippen LogP contribution is -2.69. The Kier molecular flexibility index (Phi) is 7.66. The van der Waals surface area contributed by atoms with E-state index in [1.165, 1.54) is 37.5 Å². The number of aromatic nitrogens is 1. The molecule has 4 heterocycles. The first-order valence-electron chi connectivity index (χ1n) is 13.6. The number of halogens is 5. The van der Waals surface area contributed by atoms with Crippen LogP contribution in [0.5, 0.6) is 17.2 Å². The second kappa shape index (κ2) is 11.1. The number of fused-ring (bicyclic) bond motifs is 2. The van der Waals surface area contributed by atoms with Gasteiger partial charge in [-0.2, -0.15) is 13.2 Å². The number of benzene rings is 2. The molecule has 0 bridgehead atoms. The number of thiazole rings is 1. The van der Waals surface area contributed by atoms with Crippen LogP contribution in [-0.4, -0.2) is 64.2 Å². The fourth-order valence-electron chi connectivity index (χ4n) is 5.28. The molecule has 0 aliphatic carbocycles. The van der Waals surface area contributed by atoms with Gasteiger partial charge in [0.1, 0.15) is 11.3 Å². The highest BCUT2D eigenvalue weighted by atomic mass is 32.2. The number of alkyl halides is 5. The number of rotatable bonds is 8. The number of amides is 2. The van der Waals surface area contributed by atoms with Crippen LogP contribution in [-0.2, 0) is 10.8 Å². The molecule has 2 amide bonds. The summed E-state index contributed by atoms with van der Waals surface area (Å²) in [5.74, 6) is -1.90. The molecule has 1 spiro atoms. The van der Waals surface area contributed by atoms with Crippen LogP contribution in [0.2, 0.25) is 0 Å². The summed E-state index contributed by atoms with van der Waals surface area (Å²) in [5.41, 5.74) is -0.188. The van der Waals surface area contributed by atoms with Gasteiger partial charge in [0.25, 0.3) is 11.8 Å². The lowest BCUT2D eigenvalue weighted by atomic mass is 9.95. The van der Waals surface area contributed by atoms with E-state index in [2.05, 4.69) is 25.1 Å². The van der Waals surface area contributed by atoms with Crippen molar-refractivity contribution in [3.05, 3.63) is 47.2 Å². The highest BCUT2D eigenvalue weighted by Crippen LogP contribution is 2.46. The topological polar surface area (TPSA) is 119 Å². The van der Waals surface area contributed by atoms with Gasteiger partial charge in [0, 0.05) is 47.8 Å². The van der Waals surface area contributed by atoms with Crippen molar-refractivity contribution in [2.75, 3.05) is 36.2 Å². The molecule has 1 atom stereocenters. The van der Waals surface area contributed by atoms with Gasteiger partial charge in [-0.3, -0.25) is 13.8 Å². The molecule has 45 heavy (non-hydrogen) atoms. The van der Waals surface area contributed by atoms with E-state index in [0.717, 1.165) is 18.6 Å². The number of carbonyl (C=O) groups excluding carboxylic acids is 2. The SMILES string of the molecule is C/C=C(\CCC(F)(F)F)NC(=O)c1cc2c(cc1NC(=O)c1c(OC)ccc3nc(N4CC5(CCS5=O)C4)sc13)OC(F)(F)O2. The van der Waals surface area contributed by atoms with E-state index in [1.807, 2.05) is 4.90 Å². The van der Waals surface area contributed by atoms with E-state index in [0.29, 0.717) is 34.2 Å². The molecule has 2 N–H and O–H groups in total. The summed E-state index contributed by atoms with van der Waals surface area (Å²) in [6.07, 6.45) is -8.13. The van der Waals surface area contributed by atoms with E-state index in [9.17, 15) is 35.8 Å². The van der Waals surface area contributed by atoms with Crippen LogP contribution in [0.25, 0.3) is 10.2 Å². The average molecular weight is 673 g/mol. The van der Waals surface area contributed by atoms with Crippen molar-refractivity contribution in [2.45, 2.75) is 43.4 Å². The molecule has 2 fully saturated rings. The van der Waals surface area contributed by atoms with Crippen LogP contribution in [0.4, 0.5) is 32.8 Å². The van der Waals surface area contributed by atoms with Crippen molar-refractivity contribution in [2.24, 2.45) is 0 Å². The molecular weight excluding hydrogens is 647 g/mol. The van der Waals surface area contributed by atoms with Gasteiger partial charge in [0.15, 0.2) is 16.6 Å². The number of nitrogens with zero attached hydrogens (tertiary/aromatic N) is 2. The van der Waals surface area contributed by atoms with Gasteiger partial charge in [-0.1, -0.05) is 17.4 Å². The zero-order valence-corrected chi connectivity index (χ0v) is 25.3. The first kappa shape index (κ1) is 31.0. The molecule has 1 aromatic heterocycles. The Hall–Kier alpha value is -3.99. The van der Waals surface area contributed by atoms with E-state index in [1.54, 1.807) is 6.07 Å². The Bertz CT molecular complexity index is 1770. The highest BCUT2D eigenvalue weighted by Gasteiger charge is 2.54. The monoisotopic (exact) mass is 672 g/mol. The summed E-state index contributed by atoms with van der Waals surface area (Å²) >= 11 is 1.21. The predicted octanol–water partition coefficient (Wildman–Crippen LogP) is 5.57. The molecule has 3 aliphatic heterocycles. The van der Waals surface area contributed by atoms with Crippen LogP contribution >= 0.6 is 11.3 Å². The number of ether oxygens (including phenoxy) is 3. The Balaban J connectivity index is 1.31. The van der Waals surface area contributed by atoms with Gasteiger partial charge in [0.05, 0.1) is 33.3 Å². The van der Waals surface area contributed by atoms with Crippen molar-refractivity contribution in [3.8, 4) is 17.2 Å². The molecule has 6 rings (SSSR count). The first-order valence-corrected chi connectivity index (χ1v) is 15.7. The van der Waals surface area contributed by atoms with Crippen molar-refractivity contribution in [1.29, 1.82) is 0 Å². The van der Waals surface area contributed by atoms with Gasteiger partial charge in [-0.25, -0.2) is 4.98 Å². The summed E-state index contributed by atoms with van der Waals surface area (Å²) in [6.45, 7) is 2.59. The van der Waals surface area contributed by atoms with Gasteiger partial charge >= 0.3 is 12.5 Å². The number of nitrogens with one attached hydrogen (secondary N) is 2. The van der Waals surface area contributed by atoms with Gasteiger partial charge in [-0.15, -0.1) is 8.78 Å². The normalized spacial score (nSPS) is 19.7. The third-order valence-corrected chi connectivity index (χ3v) is 10.9. The minimum absolute atomic E-state index is 0.0508. The summed E-state index contributed by atoms with van der Waals surface area (Å²) < 4.78 is 93.0. The standard InChI is InChI=1S/C28H25F5N4O6S2/c1-3-14(6-7-27(29,30)31)34-23(38)15-10-19-20(43-28(32,33)42-19)11-17(15)35-24(39)21-18(41-2)5-4-16-22(21)44-25(36-16)37-12-26(13-37)8-9-45(26)40/h3-5,10-11H,6-9,12-13H2,1-2H3,(H,34,38)(H,35,39)/b14-3+. The van der Waals surface area contributed by atoms with Crippen LogP contribution in [0.3, 0.4) is 0 Å². The Morgan fingerprint density at radius 1 is 1.18 bits per heavy atom. The van der Waals surface area contributed by atoms with Crippen LogP contribution in [0.15, 0.2) is 36.0 Å². The molecule has 1 unspecified atom stereocenters. The summed E-state index contributed by atoms with van der Waals surface area (Å²) in [7, 11) is 0.470. The minimum atomic E-state index is -4.48. The quantitative estimate of drug-likeness (QED) is 0.299. The number of carbonyl (C=O) groups is 2. The van der Waals surface area contributed by atoms with Crippen molar-refractivity contribution >= 4 is 55.0 Å². The second-order valence-electron chi connectivity index (χ2n) is 10.7. The zero-order chi connectivity index (χ0) is 32.3. The Labute approximate surface area is 259 Å². The average Bonchev–Trinajstić information content (AvgIpc) is 3.50. The molecule has 2 aromatic carbocycles. The molecule has 3 aliphatic rings. The van der Waals surface area contributed by atoms with Crippen LogP contribution < -0.4 is 29.7 Å². The van der Waals surface area contributed by atoms with E-state index in [-0.39, 0.29) is 33.0 Å². The van der Waals surface area contributed by atoms with E-state index in [4.69, 9.17) is 4.74 Å². The first-order chi connectivity index (χ1) is 21.2. The third kappa shape index (κ3) is 5.90. The Morgan fingerprint density at radius 2 is 1.89 bits per heavy atom. The maximum atomic E-state index is 13.9. The fourth-order valence-corrected chi connectivity index (χ4v) is 7.93. The molecule has 17 heteroatoms. The van der Waals surface area contributed by atoms with Crippen LogP contribution in [0.1, 0.15) is 46.9 Å². The number of methoxy groups -OCH3 is 1. The molecule has 3 aromatic rings. The summed E-state index contributed by atoms with van der Waals surface area (Å²) in [5, 5.41) is 5.51. The predicted molar refractivity (Wildman–Crippen MR) is 156 cm³/mol. The summed E-state index contributed by atoms with van der Waals surface area (Å²) in [4.78, 5) is 33.7. The molecule has 240 valence electrons. The van der Waals surface area contributed by atoms with Crippen molar-refractivity contribution in [1.82, 2.24) is 10.3 Å². The van der Waals surface area contributed by atoms with Gasteiger partial charge in [0.2, 0.25) is 0 Å². The van der Waals surface area contributed by atoms with Gasteiger partial charge in [-0.05, 0) is 38.0 Å². The summed E-state index contributed by atoms with van der Waals surface area (Å²) in [6, 6.07) is 5.08. The molecule has 10 nitrogen and oxygen atoms in total. The lowest BCUT2D eigenvalue weighted by molar-refractivity contribution is -0.286. The third-order valence-electron chi connectivity index (χ3n) is 7.74. The van der Waals surface area contributed by atoms with Crippen molar-refractivity contribution < 1.29 is 50.0 Å². The maximum absolute atomic E-state index is 13.9. The number of anilines is 2. The molecule has 2 saturated heterocycles. The van der Waals surface area contributed by atoms with Crippen molar-refractivity contribution in [3.63, 3.8) is 0 Å². The number of hydrogen-bond acceptors (Lipinski definition) is 9. The second-order valence-corrected chi connectivity index (χ2v) is 13.6. The molecule has 0 saturated carbocycles. The van der Waals surface area contributed by atoms with E-state index >= 15 is 0 Å². The maximum Gasteiger partial charge on any atom is 0.586 e. The molecule has 0 radical (unpaired) electrons. The van der Waals surface area contributed by atoms with Crippen LogP contribution in [0, 0.1) is 0 Å². The van der Waals surface area contributed by atoms with Gasteiger partial charge < -0.3 is 29.7 Å². The number of hydrogen-bond donors (Lipinski definition) is 2. The van der Waals surface area contributed by atoms with E-state index < -0.39 is 59.4 Å². The Morgan fingerprint density at radius 3 is 2.49 bits per heavy atom. The molecular formula is C28H25F5N4O6S2. The highest BCUT2D eigenvalue weighted by molar-refractivity contribution is 7.88. The minimum Gasteiger partial charge on any atom is -0.496 e. The largest absolute Gasteiger partial charge is 0.586 e. The fraction of sp³-hybridized carbons (Fsp3) is 0.393. The smallest absolute Gasteiger partial charge is 0.496 e. The zero-order valence-electron chi connectivity index (χ0n) is 23.7.